The van der Waals surface area contributed by atoms with Crippen LogP contribution in [0.4, 0.5) is 0 Å². The van der Waals surface area contributed by atoms with Gasteiger partial charge in [0.15, 0.2) is 0 Å². The number of H-pyrrole nitrogens is 1. The maximum Gasteiger partial charge on any atom is 0.255 e. The van der Waals surface area contributed by atoms with Crippen LogP contribution in [-0.4, -0.2) is 30.9 Å². The van der Waals surface area contributed by atoms with Crippen molar-refractivity contribution in [2.24, 2.45) is 0 Å². The highest BCUT2D eigenvalue weighted by atomic mass is 16.1. The molecule has 2 heterocycles. The van der Waals surface area contributed by atoms with E-state index >= 15 is 0 Å². The summed E-state index contributed by atoms with van der Waals surface area (Å²) < 4.78 is 1.82. The fourth-order valence-corrected chi connectivity index (χ4v) is 2.35. The molecule has 0 saturated heterocycles. The molecule has 120 valence electrons. The zero-order valence-electron chi connectivity index (χ0n) is 14.1. The Morgan fingerprint density at radius 2 is 2.09 bits per heavy atom. The van der Waals surface area contributed by atoms with Gasteiger partial charge in [-0.05, 0) is 33.6 Å². The number of carbonyl (C=O) groups excluding carboxylic acids is 1. The van der Waals surface area contributed by atoms with Crippen molar-refractivity contribution >= 4 is 5.91 Å². The average molecular weight is 304 g/mol. The van der Waals surface area contributed by atoms with E-state index in [1.54, 1.807) is 0 Å². The summed E-state index contributed by atoms with van der Waals surface area (Å²) in [5.74, 6) is 0.774. The van der Waals surface area contributed by atoms with Gasteiger partial charge >= 0.3 is 0 Å². The molecule has 1 amide bonds. The van der Waals surface area contributed by atoms with Gasteiger partial charge in [-0.15, -0.1) is 0 Å². The van der Waals surface area contributed by atoms with Crippen LogP contribution in [0.25, 0.3) is 0 Å². The van der Waals surface area contributed by atoms with Crippen LogP contribution in [0.2, 0.25) is 0 Å². The third-order valence-electron chi connectivity index (χ3n) is 3.41. The number of aromatic nitrogens is 5. The Morgan fingerprint density at radius 3 is 2.68 bits per heavy atom. The van der Waals surface area contributed by atoms with Gasteiger partial charge in [0.2, 0.25) is 0 Å². The number of aromatic amines is 1. The molecule has 0 fully saturated rings. The van der Waals surface area contributed by atoms with Crippen molar-refractivity contribution in [1.82, 2.24) is 30.3 Å². The molecule has 2 rings (SSSR count). The number of rotatable bonds is 4. The molecule has 0 unspecified atom stereocenters. The first-order valence-electron chi connectivity index (χ1n) is 7.44. The van der Waals surface area contributed by atoms with Gasteiger partial charge in [-0.3, -0.25) is 9.89 Å². The van der Waals surface area contributed by atoms with Gasteiger partial charge in [0.25, 0.3) is 5.91 Å². The van der Waals surface area contributed by atoms with Crippen LogP contribution < -0.4 is 5.32 Å². The van der Waals surface area contributed by atoms with Gasteiger partial charge in [-0.25, -0.2) is 9.67 Å². The van der Waals surface area contributed by atoms with Crippen LogP contribution in [-0.2, 0) is 12.1 Å². The van der Waals surface area contributed by atoms with Crippen LogP contribution in [0.1, 0.15) is 68.1 Å². The van der Waals surface area contributed by atoms with E-state index in [0.717, 1.165) is 17.2 Å². The van der Waals surface area contributed by atoms with Gasteiger partial charge in [0.05, 0.1) is 23.3 Å². The zero-order valence-corrected chi connectivity index (χ0v) is 14.1. The molecule has 0 aromatic carbocycles. The van der Waals surface area contributed by atoms with E-state index in [2.05, 4.69) is 25.6 Å². The lowest BCUT2D eigenvalue weighted by atomic mass is 10.0. The van der Waals surface area contributed by atoms with Crippen LogP contribution in [0.15, 0.2) is 6.33 Å². The molecule has 2 N–H and O–H groups in total. The molecule has 0 spiro atoms. The summed E-state index contributed by atoms with van der Waals surface area (Å²) in [4.78, 5) is 16.7. The summed E-state index contributed by atoms with van der Waals surface area (Å²) >= 11 is 0. The summed E-state index contributed by atoms with van der Waals surface area (Å²) in [6.07, 6.45) is 1.51. The van der Waals surface area contributed by atoms with Crippen molar-refractivity contribution in [1.29, 1.82) is 0 Å². The first-order valence-corrected chi connectivity index (χ1v) is 7.44. The second kappa shape index (κ2) is 5.90. The molecular formula is C15H24N6O. The highest BCUT2D eigenvalue weighted by molar-refractivity contribution is 5.96. The van der Waals surface area contributed by atoms with Crippen molar-refractivity contribution in [2.45, 2.75) is 59.5 Å². The summed E-state index contributed by atoms with van der Waals surface area (Å²) in [6, 6.07) is 0. The Labute approximate surface area is 130 Å². The fraction of sp³-hybridized carbons (Fsp3) is 0.600. The SMILES string of the molecule is Cc1[nH]nc(C(C)C)c1C(=O)NCc1ncnn1C(C)(C)C. The number of nitrogens with one attached hydrogen (secondary N) is 2. The highest BCUT2D eigenvalue weighted by Crippen LogP contribution is 2.19. The Morgan fingerprint density at radius 1 is 1.41 bits per heavy atom. The monoisotopic (exact) mass is 304 g/mol. The number of amides is 1. The molecule has 2 aromatic rings. The molecule has 0 saturated carbocycles. The molecule has 0 aliphatic carbocycles. The second-order valence-corrected chi connectivity index (χ2v) is 6.71. The Balaban J connectivity index is 2.15. The Kier molecular flexibility index (Phi) is 4.35. The largest absolute Gasteiger partial charge is 0.345 e. The first kappa shape index (κ1) is 16.2. The molecule has 0 radical (unpaired) electrons. The maximum absolute atomic E-state index is 12.5. The topological polar surface area (TPSA) is 88.5 Å². The molecule has 0 atom stereocenters. The van der Waals surface area contributed by atoms with E-state index in [0.29, 0.717) is 12.1 Å². The summed E-state index contributed by atoms with van der Waals surface area (Å²) in [7, 11) is 0. The summed E-state index contributed by atoms with van der Waals surface area (Å²) in [5, 5.41) is 14.2. The summed E-state index contributed by atoms with van der Waals surface area (Å²) in [6.45, 7) is 12.4. The van der Waals surface area contributed by atoms with E-state index < -0.39 is 0 Å². The fourth-order valence-electron chi connectivity index (χ4n) is 2.35. The van der Waals surface area contributed by atoms with Crippen molar-refractivity contribution < 1.29 is 4.79 Å². The number of hydrogen-bond donors (Lipinski definition) is 2. The van der Waals surface area contributed by atoms with E-state index in [9.17, 15) is 4.79 Å². The van der Waals surface area contributed by atoms with Crippen molar-refractivity contribution in [2.75, 3.05) is 0 Å². The molecule has 7 heteroatoms. The molecule has 2 aromatic heterocycles. The van der Waals surface area contributed by atoms with E-state index in [1.165, 1.54) is 6.33 Å². The van der Waals surface area contributed by atoms with Crippen LogP contribution >= 0.6 is 0 Å². The minimum atomic E-state index is -0.175. The van der Waals surface area contributed by atoms with Crippen molar-refractivity contribution in [3.8, 4) is 0 Å². The number of aryl methyl sites for hydroxylation is 1. The van der Waals surface area contributed by atoms with E-state index in [4.69, 9.17) is 0 Å². The third kappa shape index (κ3) is 3.18. The van der Waals surface area contributed by atoms with Gasteiger partial charge in [-0.1, -0.05) is 13.8 Å². The smallest absolute Gasteiger partial charge is 0.255 e. The second-order valence-electron chi connectivity index (χ2n) is 6.71. The lowest BCUT2D eigenvalue weighted by Crippen LogP contribution is -2.30. The van der Waals surface area contributed by atoms with E-state index in [-0.39, 0.29) is 17.4 Å². The Bertz CT molecular complexity index is 662. The molecule has 0 aliphatic rings. The maximum atomic E-state index is 12.5. The average Bonchev–Trinajstić information content (AvgIpc) is 3.01. The zero-order chi connectivity index (χ0) is 16.5. The lowest BCUT2D eigenvalue weighted by Gasteiger charge is -2.21. The van der Waals surface area contributed by atoms with Gasteiger partial charge in [-0.2, -0.15) is 10.2 Å². The molecular weight excluding hydrogens is 280 g/mol. The molecule has 0 aliphatic heterocycles. The first-order chi connectivity index (χ1) is 10.2. The number of hydrogen-bond acceptors (Lipinski definition) is 4. The van der Waals surface area contributed by atoms with Crippen LogP contribution in [0, 0.1) is 6.92 Å². The number of carbonyl (C=O) groups is 1. The highest BCUT2D eigenvalue weighted by Gasteiger charge is 2.22. The standard InChI is InChI=1S/C15H24N6O/c1-9(2)13-12(10(3)19-20-13)14(22)16-7-11-17-8-18-21(11)15(4,5)6/h8-9H,7H2,1-6H3,(H,16,22)(H,19,20). The van der Waals surface area contributed by atoms with Crippen molar-refractivity contribution in [3.05, 3.63) is 29.1 Å². The van der Waals surface area contributed by atoms with Crippen molar-refractivity contribution in [3.63, 3.8) is 0 Å². The Hall–Kier alpha value is -2.18. The lowest BCUT2D eigenvalue weighted by molar-refractivity contribution is 0.0946. The normalized spacial score (nSPS) is 12.0. The van der Waals surface area contributed by atoms with Gasteiger partial charge < -0.3 is 5.32 Å². The minimum absolute atomic E-state index is 0.140. The molecule has 0 bridgehead atoms. The molecule has 7 nitrogen and oxygen atoms in total. The predicted molar refractivity (Wildman–Crippen MR) is 83.6 cm³/mol. The minimum Gasteiger partial charge on any atom is -0.345 e. The van der Waals surface area contributed by atoms with Gasteiger partial charge in [0.1, 0.15) is 12.2 Å². The van der Waals surface area contributed by atoms with Gasteiger partial charge in [0, 0.05) is 5.69 Å². The summed E-state index contributed by atoms with van der Waals surface area (Å²) in [5.41, 5.74) is 2.01. The third-order valence-corrected chi connectivity index (χ3v) is 3.41. The predicted octanol–water partition coefficient (Wildman–Crippen LogP) is 2.12. The number of nitrogens with zero attached hydrogens (tertiary/aromatic N) is 4. The molecule has 22 heavy (non-hydrogen) atoms. The quantitative estimate of drug-likeness (QED) is 0.905. The van der Waals surface area contributed by atoms with Crippen LogP contribution in [0.3, 0.4) is 0 Å². The van der Waals surface area contributed by atoms with E-state index in [1.807, 2.05) is 46.2 Å². The van der Waals surface area contributed by atoms with Crippen LogP contribution in [0.5, 0.6) is 0 Å².